The average molecular weight is 252 g/mol. The van der Waals surface area contributed by atoms with Gasteiger partial charge in [0.25, 0.3) is 0 Å². The van der Waals surface area contributed by atoms with E-state index in [0.29, 0.717) is 17.2 Å². The summed E-state index contributed by atoms with van der Waals surface area (Å²) in [5, 5.41) is 3.89. The van der Waals surface area contributed by atoms with E-state index in [1.54, 1.807) is 33.3 Å². The number of carbonyl (C=O) groups is 1. The van der Waals surface area contributed by atoms with E-state index < -0.39 is 6.09 Å². The normalized spacial score (nSPS) is 10.8. The third kappa shape index (κ3) is 3.38. The lowest BCUT2D eigenvalue weighted by Crippen LogP contribution is -2.18. The summed E-state index contributed by atoms with van der Waals surface area (Å²) in [4.78, 5) is 10.9. The molecule has 0 aromatic heterocycles. The Bertz CT molecular complexity index is 457. The van der Waals surface area contributed by atoms with Gasteiger partial charge in [0.15, 0.2) is 11.5 Å². The molecule has 0 aliphatic rings. The second-order valence-electron chi connectivity index (χ2n) is 3.37. The van der Waals surface area contributed by atoms with E-state index in [1.807, 2.05) is 6.07 Å². The first-order chi connectivity index (χ1) is 8.62. The SMILES string of the molecule is COC(=O)N/N=C(\C)c1ccc(OC)c(OC)c1. The highest BCUT2D eigenvalue weighted by Gasteiger charge is 2.06. The highest BCUT2D eigenvalue weighted by atomic mass is 16.5. The number of benzene rings is 1. The average Bonchev–Trinajstić information content (AvgIpc) is 2.43. The number of hydrazone groups is 1. The Morgan fingerprint density at radius 2 is 1.83 bits per heavy atom. The van der Waals surface area contributed by atoms with Crippen LogP contribution in [0.15, 0.2) is 23.3 Å². The van der Waals surface area contributed by atoms with Gasteiger partial charge in [-0.3, -0.25) is 0 Å². The standard InChI is InChI=1S/C12H16N2O4/c1-8(13-14-12(15)18-4)9-5-6-10(16-2)11(7-9)17-3/h5-7H,1-4H3,(H,14,15)/b13-8+. The van der Waals surface area contributed by atoms with E-state index in [4.69, 9.17) is 9.47 Å². The molecule has 1 aromatic carbocycles. The molecule has 6 heteroatoms. The smallest absolute Gasteiger partial charge is 0.427 e. The number of rotatable bonds is 4. The summed E-state index contributed by atoms with van der Waals surface area (Å²) in [5.41, 5.74) is 3.69. The lowest BCUT2D eigenvalue weighted by molar-refractivity contribution is 0.171. The number of methoxy groups -OCH3 is 3. The van der Waals surface area contributed by atoms with Crippen LogP contribution in [0.3, 0.4) is 0 Å². The second-order valence-corrected chi connectivity index (χ2v) is 3.37. The number of ether oxygens (including phenoxy) is 3. The van der Waals surface area contributed by atoms with Gasteiger partial charge >= 0.3 is 6.09 Å². The zero-order chi connectivity index (χ0) is 13.5. The fourth-order valence-corrected chi connectivity index (χ4v) is 1.30. The molecule has 0 bridgehead atoms. The Hall–Kier alpha value is -2.24. The maximum atomic E-state index is 10.9. The lowest BCUT2D eigenvalue weighted by atomic mass is 10.1. The van der Waals surface area contributed by atoms with Crippen LogP contribution in [0.2, 0.25) is 0 Å². The molecule has 0 fully saturated rings. The molecule has 0 aliphatic heterocycles. The fraction of sp³-hybridized carbons (Fsp3) is 0.333. The van der Waals surface area contributed by atoms with Crippen molar-refractivity contribution < 1.29 is 19.0 Å². The minimum atomic E-state index is -0.616. The molecule has 1 rings (SSSR count). The molecule has 1 N–H and O–H groups in total. The number of nitrogens with zero attached hydrogens (tertiary/aromatic N) is 1. The molecule has 0 radical (unpaired) electrons. The van der Waals surface area contributed by atoms with E-state index in [0.717, 1.165) is 5.56 Å². The number of nitrogens with one attached hydrogen (secondary N) is 1. The molecular weight excluding hydrogens is 236 g/mol. The van der Waals surface area contributed by atoms with Crippen LogP contribution in [0.5, 0.6) is 11.5 Å². The van der Waals surface area contributed by atoms with Crippen LogP contribution in [0.1, 0.15) is 12.5 Å². The Kier molecular flexibility index (Phi) is 4.98. The zero-order valence-electron chi connectivity index (χ0n) is 10.8. The topological polar surface area (TPSA) is 69.2 Å². The molecule has 0 unspecified atom stereocenters. The molecule has 0 heterocycles. The lowest BCUT2D eigenvalue weighted by Gasteiger charge is -2.09. The van der Waals surface area contributed by atoms with Crippen LogP contribution in [0.4, 0.5) is 4.79 Å². The molecule has 0 aliphatic carbocycles. The largest absolute Gasteiger partial charge is 0.493 e. The zero-order valence-corrected chi connectivity index (χ0v) is 10.8. The minimum Gasteiger partial charge on any atom is -0.493 e. The fourth-order valence-electron chi connectivity index (χ4n) is 1.30. The molecule has 18 heavy (non-hydrogen) atoms. The van der Waals surface area contributed by atoms with Gasteiger partial charge in [-0.05, 0) is 25.1 Å². The first-order valence-electron chi connectivity index (χ1n) is 5.23. The van der Waals surface area contributed by atoms with E-state index in [1.165, 1.54) is 7.11 Å². The predicted octanol–water partition coefficient (Wildman–Crippen LogP) is 1.78. The Morgan fingerprint density at radius 3 is 2.39 bits per heavy atom. The third-order valence-electron chi connectivity index (χ3n) is 2.30. The van der Waals surface area contributed by atoms with Crippen molar-refractivity contribution in [1.82, 2.24) is 5.43 Å². The van der Waals surface area contributed by atoms with Crippen molar-refractivity contribution in [3.63, 3.8) is 0 Å². The van der Waals surface area contributed by atoms with Gasteiger partial charge in [0, 0.05) is 5.56 Å². The molecule has 0 saturated heterocycles. The van der Waals surface area contributed by atoms with E-state index in [2.05, 4.69) is 15.3 Å². The Balaban J connectivity index is 2.92. The first-order valence-corrected chi connectivity index (χ1v) is 5.23. The van der Waals surface area contributed by atoms with E-state index >= 15 is 0 Å². The molecule has 6 nitrogen and oxygen atoms in total. The highest BCUT2D eigenvalue weighted by molar-refractivity contribution is 5.99. The summed E-state index contributed by atoms with van der Waals surface area (Å²) in [6, 6.07) is 5.36. The van der Waals surface area contributed by atoms with Gasteiger partial charge in [0.1, 0.15) is 0 Å². The van der Waals surface area contributed by atoms with Crippen molar-refractivity contribution in [3.8, 4) is 11.5 Å². The van der Waals surface area contributed by atoms with Crippen molar-refractivity contribution in [2.75, 3.05) is 21.3 Å². The summed E-state index contributed by atoms with van der Waals surface area (Å²) in [6.07, 6.45) is -0.616. The van der Waals surface area contributed by atoms with Crippen LogP contribution in [0.25, 0.3) is 0 Å². The van der Waals surface area contributed by atoms with Crippen molar-refractivity contribution in [3.05, 3.63) is 23.8 Å². The molecule has 98 valence electrons. The van der Waals surface area contributed by atoms with Gasteiger partial charge in [-0.15, -0.1) is 0 Å². The number of carbonyl (C=O) groups excluding carboxylic acids is 1. The van der Waals surface area contributed by atoms with E-state index in [9.17, 15) is 4.79 Å². The van der Waals surface area contributed by atoms with Crippen LogP contribution in [-0.4, -0.2) is 33.1 Å². The Morgan fingerprint density at radius 1 is 1.17 bits per heavy atom. The highest BCUT2D eigenvalue weighted by Crippen LogP contribution is 2.27. The van der Waals surface area contributed by atoms with Gasteiger partial charge in [0.2, 0.25) is 0 Å². The Labute approximate surface area is 106 Å². The van der Waals surface area contributed by atoms with Gasteiger partial charge in [0.05, 0.1) is 27.0 Å². The molecule has 1 aromatic rings. The van der Waals surface area contributed by atoms with Gasteiger partial charge < -0.3 is 14.2 Å². The molecule has 0 saturated carbocycles. The summed E-state index contributed by atoms with van der Waals surface area (Å²) in [6.45, 7) is 1.76. The maximum absolute atomic E-state index is 10.9. The van der Waals surface area contributed by atoms with Gasteiger partial charge in [-0.25, -0.2) is 10.2 Å². The van der Waals surface area contributed by atoms with Crippen molar-refractivity contribution >= 4 is 11.8 Å². The predicted molar refractivity (Wildman–Crippen MR) is 67.3 cm³/mol. The van der Waals surface area contributed by atoms with Crippen LogP contribution < -0.4 is 14.9 Å². The van der Waals surface area contributed by atoms with Crippen molar-refractivity contribution in [2.24, 2.45) is 5.10 Å². The second kappa shape index (κ2) is 6.48. The maximum Gasteiger partial charge on any atom is 0.427 e. The summed E-state index contributed by atoms with van der Waals surface area (Å²) in [7, 11) is 4.40. The van der Waals surface area contributed by atoms with Crippen LogP contribution in [0, 0.1) is 0 Å². The quantitative estimate of drug-likeness (QED) is 0.655. The summed E-state index contributed by atoms with van der Waals surface area (Å²) in [5.74, 6) is 1.23. The van der Waals surface area contributed by atoms with E-state index in [-0.39, 0.29) is 0 Å². The molecule has 0 spiro atoms. The molecule has 0 atom stereocenters. The summed E-state index contributed by atoms with van der Waals surface area (Å²) < 4.78 is 14.7. The summed E-state index contributed by atoms with van der Waals surface area (Å²) >= 11 is 0. The monoisotopic (exact) mass is 252 g/mol. The number of hydrogen-bond acceptors (Lipinski definition) is 5. The molecular formula is C12H16N2O4. The number of amides is 1. The number of hydrogen-bond donors (Lipinski definition) is 1. The van der Waals surface area contributed by atoms with Crippen molar-refractivity contribution in [1.29, 1.82) is 0 Å². The van der Waals surface area contributed by atoms with Crippen molar-refractivity contribution in [2.45, 2.75) is 6.92 Å². The van der Waals surface area contributed by atoms with Crippen LogP contribution in [-0.2, 0) is 4.74 Å². The first kappa shape index (κ1) is 13.8. The molecule has 1 amide bonds. The van der Waals surface area contributed by atoms with Gasteiger partial charge in [-0.2, -0.15) is 5.10 Å². The van der Waals surface area contributed by atoms with Gasteiger partial charge in [-0.1, -0.05) is 0 Å². The minimum absolute atomic E-state index is 0.600. The van der Waals surface area contributed by atoms with Crippen LogP contribution >= 0.6 is 0 Å². The third-order valence-corrected chi connectivity index (χ3v) is 2.30.